The van der Waals surface area contributed by atoms with Crippen LogP contribution in [-0.4, -0.2) is 15.2 Å². The molecule has 0 fully saturated rings. The Morgan fingerprint density at radius 2 is 2.00 bits per heavy atom. The summed E-state index contributed by atoms with van der Waals surface area (Å²) in [6.45, 7) is 6.39. The number of rotatable bonds is 6. The van der Waals surface area contributed by atoms with Gasteiger partial charge in [0, 0.05) is 17.6 Å². The fraction of sp³-hybridized carbons (Fsp3) is 0.375. The number of aryl methyl sites for hydroxylation is 1. The van der Waals surface area contributed by atoms with E-state index in [2.05, 4.69) is 42.9 Å². The second kappa shape index (κ2) is 7.71. The largest absolute Gasteiger partial charge is 0.301 e. The number of hydrogen-bond acceptors (Lipinski definition) is 4. The van der Waals surface area contributed by atoms with E-state index in [1.807, 2.05) is 12.1 Å². The van der Waals surface area contributed by atoms with Crippen LogP contribution >= 0.6 is 23.5 Å². The van der Waals surface area contributed by atoms with Crippen LogP contribution < -0.4 is 5.56 Å². The number of aromatic amines is 1. The van der Waals surface area contributed by atoms with Crippen LogP contribution in [0.5, 0.6) is 0 Å². The SMILES string of the molecule is Cc1ccccc1CSc1nc(CSC(C)C)cc(=O)[nH]1. The molecule has 0 radical (unpaired) electrons. The van der Waals surface area contributed by atoms with Crippen LogP contribution in [0.1, 0.15) is 30.7 Å². The third kappa shape index (κ3) is 5.25. The van der Waals surface area contributed by atoms with E-state index in [0.29, 0.717) is 10.4 Å². The number of thioether (sulfide) groups is 2. The van der Waals surface area contributed by atoms with Crippen molar-refractivity contribution in [2.24, 2.45) is 0 Å². The lowest BCUT2D eigenvalue weighted by atomic mass is 10.1. The van der Waals surface area contributed by atoms with E-state index in [1.54, 1.807) is 29.6 Å². The van der Waals surface area contributed by atoms with Crippen LogP contribution in [0.2, 0.25) is 0 Å². The summed E-state index contributed by atoms with van der Waals surface area (Å²) < 4.78 is 0. The number of H-pyrrole nitrogens is 1. The first-order chi connectivity index (χ1) is 10.0. The minimum absolute atomic E-state index is 0.0726. The van der Waals surface area contributed by atoms with Gasteiger partial charge in [-0.05, 0) is 23.3 Å². The van der Waals surface area contributed by atoms with Crippen molar-refractivity contribution in [1.29, 1.82) is 0 Å². The number of aromatic nitrogens is 2. The summed E-state index contributed by atoms with van der Waals surface area (Å²) in [6.07, 6.45) is 0. The third-order valence-electron chi connectivity index (χ3n) is 2.96. The van der Waals surface area contributed by atoms with Gasteiger partial charge in [0.05, 0.1) is 5.69 Å². The number of nitrogens with zero attached hydrogens (tertiary/aromatic N) is 1. The summed E-state index contributed by atoms with van der Waals surface area (Å²) in [5.41, 5.74) is 3.31. The lowest BCUT2D eigenvalue weighted by Crippen LogP contribution is -2.10. The molecular formula is C16H20N2OS2. The molecule has 2 aromatic rings. The molecule has 0 spiro atoms. The Labute approximate surface area is 134 Å². The quantitative estimate of drug-likeness (QED) is 0.645. The fourth-order valence-electron chi connectivity index (χ4n) is 1.80. The van der Waals surface area contributed by atoms with Crippen LogP contribution in [0.3, 0.4) is 0 Å². The van der Waals surface area contributed by atoms with E-state index in [9.17, 15) is 4.79 Å². The molecular weight excluding hydrogens is 300 g/mol. The standard InChI is InChI=1S/C16H20N2OS2/c1-11(2)20-10-14-8-15(19)18-16(17-14)21-9-13-7-5-4-6-12(13)3/h4-8,11H,9-10H2,1-3H3,(H,17,18,19). The second-order valence-electron chi connectivity index (χ2n) is 5.12. The molecule has 1 aromatic carbocycles. The average Bonchev–Trinajstić information content (AvgIpc) is 2.44. The molecule has 0 aliphatic carbocycles. The molecule has 0 amide bonds. The summed E-state index contributed by atoms with van der Waals surface area (Å²) >= 11 is 3.37. The summed E-state index contributed by atoms with van der Waals surface area (Å²) in [7, 11) is 0. The van der Waals surface area contributed by atoms with Crippen LogP contribution in [-0.2, 0) is 11.5 Å². The number of nitrogens with one attached hydrogen (secondary N) is 1. The highest BCUT2D eigenvalue weighted by atomic mass is 32.2. The summed E-state index contributed by atoms with van der Waals surface area (Å²) in [5.74, 6) is 1.59. The van der Waals surface area contributed by atoms with Gasteiger partial charge in [-0.1, -0.05) is 49.9 Å². The van der Waals surface area contributed by atoms with Gasteiger partial charge in [-0.3, -0.25) is 4.79 Å². The van der Waals surface area contributed by atoms with Crippen molar-refractivity contribution in [2.75, 3.05) is 0 Å². The molecule has 3 nitrogen and oxygen atoms in total. The molecule has 0 saturated heterocycles. The molecule has 21 heavy (non-hydrogen) atoms. The van der Waals surface area contributed by atoms with E-state index < -0.39 is 0 Å². The van der Waals surface area contributed by atoms with E-state index in [-0.39, 0.29) is 5.56 Å². The molecule has 112 valence electrons. The molecule has 0 aliphatic rings. The Morgan fingerprint density at radius 1 is 1.24 bits per heavy atom. The molecule has 1 aromatic heterocycles. The van der Waals surface area contributed by atoms with Crippen LogP contribution in [0.15, 0.2) is 40.3 Å². The molecule has 0 atom stereocenters. The Morgan fingerprint density at radius 3 is 2.71 bits per heavy atom. The van der Waals surface area contributed by atoms with Gasteiger partial charge < -0.3 is 4.98 Å². The molecule has 1 N–H and O–H groups in total. The van der Waals surface area contributed by atoms with Gasteiger partial charge in [0.2, 0.25) is 0 Å². The van der Waals surface area contributed by atoms with Crippen molar-refractivity contribution in [3.63, 3.8) is 0 Å². The predicted octanol–water partition coefficient (Wildman–Crippen LogP) is 4.01. The Balaban J connectivity index is 2.06. The van der Waals surface area contributed by atoms with Gasteiger partial charge in [0.25, 0.3) is 5.56 Å². The van der Waals surface area contributed by atoms with E-state index in [0.717, 1.165) is 17.2 Å². The third-order valence-corrected chi connectivity index (χ3v) is 5.01. The van der Waals surface area contributed by atoms with Crippen molar-refractivity contribution >= 4 is 23.5 Å². The molecule has 0 aliphatic heterocycles. The van der Waals surface area contributed by atoms with E-state index >= 15 is 0 Å². The predicted molar refractivity (Wildman–Crippen MR) is 92.0 cm³/mol. The van der Waals surface area contributed by atoms with Gasteiger partial charge in [-0.15, -0.1) is 0 Å². The van der Waals surface area contributed by atoms with Crippen molar-refractivity contribution in [1.82, 2.24) is 9.97 Å². The highest BCUT2D eigenvalue weighted by Crippen LogP contribution is 2.22. The maximum Gasteiger partial charge on any atom is 0.251 e. The maximum atomic E-state index is 11.7. The number of hydrogen-bond donors (Lipinski definition) is 1. The topological polar surface area (TPSA) is 45.8 Å². The van der Waals surface area contributed by atoms with Gasteiger partial charge in [-0.2, -0.15) is 11.8 Å². The lowest BCUT2D eigenvalue weighted by Gasteiger charge is -2.07. The molecule has 1 heterocycles. The summed E-state index contributed by atoms with van der Waals surface area (Å²) in [5, 5.41) is 1.24. The molecule has 0 saturated carbocycles. The van der Waals surface area contributed by atoms with Crippen molar-refractivity contribution in [3.8, 4) is 0 Å². The Kier molecular flexibility index (Phi) is 5.94. The smallest absolute Gasteiger partial charge is 0.251 e. The molecule has 0 bridgehead atoms. The van der Waals surface area contributed by atoms with Crippen LogP contribution in [0.25, 0.3) is 0 Å². The van der Waals surface area contributed by atoms with Gasteiger partial charge in [0.15, 0.2) is 5.16 Å². The maximum absolute atomic E-state index is 11.7. The van der Waals surface area contributed by atoms with Gasteiger partial charge in [-0.25, -0.2) is 4.98 Å². The number of benzene rings is 1. The van der Waals surface area contributed by atoms with Crippen LogP contribution in [0, 0.1) is 6.92 Å². The molecule has 2 rings (SSSR count). The monoisotopic (exact) mass is 320 g/mol. The first-order valence-corrected chi connectivity index (χ1v) is 8.97. The van der Waals surface area contributed by atoms with E-state index in [1.165, 1.54) is 11.1 Å². The lowest BCUT2D eigenvalue weighted by molar-refractivity contribution is 0.898. The average molecular weight is 320 g/mol. The minimum Gasteiger partial charge on any atom is -0.301 e. The van der Waals surface area contributed by atoms with Crippen LogP contribution in [0.4, 0.5) is 0 Å². The second-order valence-corrected chi connectivity index (χ2v) is 7.65. The Bertz CT molecular complexity index is 653. The zero-order chi connectivity index (χ0) is 15.2. The van der Waals surface area contributed by atoms with Gasteiger partial charge in [0.1, 0.15) is 0 Å². The summed E-state index contributed by atoms with van der Waals surface area (Å²) in [4.78, 5) is 19.1. The zero-order valence-corrected chi connectivity index (χ0v) is 14.2. The van der Waals surface area contributed by atoms with Gasteiger partial charge >= 0.3 is 0 Å². The minimum atomic E-state index is -0.0726. The summed E-state index contributed by atoms with van der Waals surface area (Å²) in [6, 6.07) is 9.87. The first kappa shape index (κ1) is 16.2. The van der Waals surface area contributed by atoms with Crippen molar-refractivity contribution in [3.05, 3.63) is 57.5 Å². The highest BCUT2D eigenvalue weighted by molar-refractivity contribution is 7.99. The molecule has 0 unspecified atom stereocenters. The normalized spacial score (nSPS) is 11.0. The molecule has 5 heteroatoms. The fourth-order valence-corrected chi connectivity index (χ4v) is 3.42. The van der Waals surface area contributed by atoms with Crippen molar-refractivity contribution in [2.45, 2.75) is 42.7 Å². The van der Waals surface area contributed by atoms with E-state index in [4.69, 9.17) is 0 Å². The highest BCUT2D eigenvalue weighted by Gasteiger charge is 2.05. The zero-order valence-electron chi connectivity index (χ0n) is 12.6. The first-order valence-electron chi connectivity index (χ1n) is 6.94. The Hall–Kier alpha value is -1.20. The van der Waals surface area contributed by atoms with Crippen molar-refractivity contribution < 1.29 is 0 Å².